The molecule has 0 bridgehead atoms. The number of aliphatic hydroxyl groups is 1. The number of aryl methyl sites for hydroxylation is 1. The van der Waals surface area contributed by atoms with Crippen molar-refractivity contribution in [2.75, 3.05) is 0 Å². The fourth-order valence-corrected chi connectivity index (χ4v) is 0.880. The number of aliphatic hydroxyl groups excluding tert-OH is 1. The molecule has 0 saturated carbocycles. The number of hydrogen-bond donors (Lipinski definition) is 1. The van der Waals surface area contributed by atoms with Crippen LogP contribution in [-0.4, -0.2) is 17.2 Å². The first-order chi connectivity index (χ1) is 6.09. The number of carbonyl (C=O) groups excluding carboxylic acids is 1. The Kier molecular flexibility index (Phi) is 3.03. The highest BCUT2D eigenvalue weighted by Gasteiger charge is 2.10. The summed E-state index contributed by atoms with van der Waals surface area (Å²) in [6.07, 6.45) is -1.08. The van der Waals surface area contributed by atoms with E-state index in [9.17, 15) is 4.79 Å². The fraction of sp³-hybridized carbons (Fsp3) is 0.300. The van der Waals surface area contributed by atoms with Crippen LogP contribution in [0.25, 0.3) is 0 Å². The van der Waals surface area contributed by atoms with Gasteiger partial charge in [0.05, 0.1) is 0 Å². The van der Waals surface area contributed by atoms with Crippen molar-refractivity contribution in [1.29, 1.82) is 0 Å². The highest BCUT2D eigenvalue weighted by molar-refractivity contribution is 5.76. The van der Waals surface area contributed by atoms with Crippen molar-refractivity contribution in [1.82, 2.24) is 0 Å². The van der Waals surface area contributed by atoms with Gasteiger partial charge in [0.2, 0.25) is 0 Å². The monoisotopic (exact) mass is 180 g/mol. The van der Waals surface area contributed by atoms with Gasteiger partial charge in [-0.2, -0.15) is 0 Å². The second-order valence-corrected chi connectivity index (χ2v) is 2.91. The largest absolute Gasteiger partial charge is 0.425 e. The first kappa shape index (κ1) is 9.74. The SMILES string of the molecule is Cc1cccc(OC(=O)C(C)O)c1. The van der Waals surface area contributed by atoms with Crippen molar-refractivity contribution in [2.45, 2.75) is 20.0 Å². The maximum absolute atomic E-state index is 11.0. The number of esters is 1. The average molecular weight is 180 g/mol. The molecule has 0 heterocycles. The second-order valence-electron chi connectivity index (χ2n) is 2.91. The van der Waals surface area contributed by atoms with Crippen molar-refractivity contribution < 1.29 is 14.6 Å². The van der Waals surface area contributed by atoms with Crippen molar-refractivity contribution in [3.63, 3.8) is 0 Å². The average Bonchev–Trinajstić information content (AvgIpc) is 2.04. The molecule has 0 aliphatic rings. The summed E-state index contributed by atoms with van der Waals surface area (Å²) in [6, 6.07) is 7.10. The van der Waals surface area contributed by atoms with E-state index >= 15 is 0 Å². The number of ether oxygens (including phenoxy) is 1. The third-order valence-electron chi connectivity index (χ3n) is 1.55. The van der Waals surface area contributed by atoms with E-state index in [0.717, 1.165) is 5.56 Å². The lowest BCUT2D eigenvalue weighted by Gasteiger charge is -2.05. The van der Waals surface area contributed by atoms with Crippen LogP contribution in [0.2, 0.25) is 0 Å². The molecule has 0 amide bonds. The van der Waals surface area contributed by atoms with Gasteiger partial charge in [-0.3, -0.25) is 0 Å². The molecular weight excluding hydrogens is 168 g/mol. The van der Waals surface area contributed by atoms with E-state index in [1.54, 1.807) is 18.2 Å². The quantitative estimate of drug-likeness (QED) is 0.551. The molecular formula is C10H12O3. The van der Waals surface area contributed by atoms with Gasteiger partial charge < -0.3 is 9.84 Å². The van der Waals surface area contributed by atoms with Crippen molar-refractivity contribution in [2.24, 2.45) is 0 Å². The minimum absolute atomic E-state index is 0.464. The van der Waals surface area contributed by atoms with Crippen molar-refractivity contribution >= 4 is 5.97 Å². The molecule has 70 valence electrons. The smallest absolute Gasteiger partial charge is 0.340 e. The molecule has 0 spiro atoms. The van der Waals surface area contributed by atoms with E-state index in [-0.39, 0.29) is 0 Å². The van der Waals surface area contributed by atoms with E-state index in [1.165, 1.54) is 6.92 Å². The first-order valence-electron chi connectivity index (χ1n) is 4.06. The Bertz CT molecular complexity index is 305. The lowest BCUT2D eigenvalue weighted by atomic mass is 10.2. The molecule has 3 heteroatoms. The highest BCUT2D eigenvalue weighted by Crippen LogP contribution is 2.12. The summed E-state index contributed by atoms with van der Waals surface area (Å²) in [5, 5.41) is 8.88. The molecule has 1 aromatic carbocycles. The molecule has 1 atom stereocenters. The van der Waals surface area contributed by atoms with E-state index in [0.29, 0.717) is 5.75 Å². The Morgan fingerprint density at radius 3 is 2.77 bits per heavy atom. The van der Waals surface area contributed by atoms with Crippen LogP contribution in [0.4, 0.5) is 0 Å². The van der Waals surface area contributed by atoms with E-state index in [1.807, 2.05) is 13.0 Å². The maximum Gasteiger partial charge on any atom is 0.340 e. The van der Waals surface area contributed by atoms with Crippen molar-refractivity contribution in [3.05, 3.63) is 29.8 Å². The van der Waals surface area contributed by atoms with Crippen LogP contribution >= 0.6 is 0 Å². The molecule has 1 aromatic rings. The molecule has 1 rings (SSSR count). The zero-order valence-corrected chi connectivity index (χ0v) is 7.65. The normalized spacial score (nSPS) is 12.2. The number of rotatable bonds is 2. The summed E-state index contributed by atoms with van der Waals surface area (Å²) >= 11 is 0. The molecule has 0 saturated heterocycles. The minimum atomic E-state index is -1.08. The Hall–Kier alpha value is -1.35. The number of carbonyl (C=O) groups is 1. The molecule has 0 fully saturated rings. The molecule has 0 aromatic heterocycles. The van der Waals surface area contributed by atoms with Crippen LogP contribution in [-0.2, 0) is 4.79 Å². The molecule has 1 unspecified atom stereocenters. The standard InChI is InChI=1S/C10H12O3/c1-7-4-3-5-9(6-7)13-10(12)8(2)11/h3-6,8,11H,1-2H3. The van der Waals surface area contributed by atoms with Crippen LogP contribution in [0.15, 0.2) is 24.3 Å². The van der Waals surface area contributed by atoms with Gasteiger partial charge in [0.15, 0.2) is 0 Å². The minimum Gasteiger partial charge on any atom is -0.425 e. The summed E-state index contributed by atoms with van der Waals surface area (Å²) in [4.78, 5) is 11.0. The summed E-state index contributed by atoms with van der Waals surface area (Å²) in [5.74, 6) is -0.170. The van der Waals surface area contributed by atoms with Gasteiger partial charge in [0.25, 0.3) is 0 Å². The van der Waals surface area contributed by atoms with E-state index < -0.39 is 12.1 Å². The Labute approximate surface area is 77.0 Å². The molecule has 13 heavy (non-hydrogen) atoms. The molecule has 1 N–H and O–H groups in total. The Morgan fingerprint density at radius 1 is 1.54 bits per heavy atom. The van der Waals surface area contributed by atoms with Gasteiger partial charge in [0, 0.05) is 0 Å². The number of hydrogen-bond acceptors (Lipinski definition) is 3. The lowest BCUT2D eigenvalue weighted by molar-refractivity contribution is -0.142. The summed E-state index contributed by atoms with van der Waals surface area (Å²) in [6.45, 7) is 3.28. The van der Waals surface area contributed by atoms with Gasteiger partial charge >= 0.3 is 5.97 Å². The summed E-state index contributed by atoms with van der Waals surface area (Å²) in [7, 11) is 0. The van der Waals surface area contributed by atoms with Crippen LogP contribution in [0.3, 0.4) is 0 Å². The first-order valence-corrected chi connectivity index (χ1v) is 4.06. The molecule has 0 aliphatic carbocycles. The Morgan fingerprint density at radius 2 is 2.23 bits per heavy atom. The predicted molar refractivity (Wildman–Crippen MR) is 48.5 cm³/mol. The van der Waals surface area contributed by atoms with E-state index in [4.69, 9.17) is 9.84 Å². The molecule has 0 radical (unpaired) electrons. The van der Waals surface area contributed by atoms with Gasteiger partial charge in [-0.1, -0.05) is 12.1 Å². The fourth-order valence-electron chi connectivity index (χ4n) is 0.880. The molecule has 0 aliphatic heterocycles. The van der Waals surface area contributed by atoms with Crippen LogP contribution < -0.4 is 4.74 Å². The maximum atomic E-state index is 11.0. The van der Waals surface area contributed by atoms with Crippen LogP contribution in [0, 0.1) is 6.92 Å². The third-order valence-corrected chi connectivity index (χ3v) is 1.55. The van der Waals surface area contributed by atoms with Crippen molar-refractivity contribution in [3.8, 4) is 5.75 Å². The zero-order chi connectivity index (χ0) is 9.84. The predicted octanol–water partition coefficient (Wildman–Crippen LogP) is 1.28. The third kappa shape index (κ3) is 2.87. The topological polar surface area (TPSA) is 46.5 Å². The van der Waals surface area contributed by atoms with Crippen LogP contribution in [0.1, 0.15) is 12.5 Å². The van der Waals surface area contributed by atoms with Gasteiger partial charge in [-0.05, 0) is 31.5 Å². The number of benzene rings is 1. The van der Waals surface area contributed by atoms with Crippen LogP contribution in [0.5, 0.6) is 5.75 Å². The molecule has 3 nitrogen and oxygen atoms in total. The zero-order valence-electron chi connectivity index (χ0n) is 7.65. The Balaban J connectivity index is 2.69. The second kappa shape index (κ2) is 4.05. The van der Waals surface area contributed by atoms with Gasteiger partial charge in [-0.25, -0.2) is 4.79 Å². The summed E-state index contributed by atoms with van der Waals surface area (Å²) < 4.78 is 4.87. The van der Waals surface area contributed by atoms with Gasteiger partial charge in [-0.15, -0.1) is 0 Å². The van der Waals surface area contributed by atoms with Gasteiger partial charge in [0.1, 0.15) is 11.9 Å². The highest BCUT2D eigenvalue weighted by atomic mass is 16.5. The van der Waals surface area contributed by atoms with E-state index in [2.05, 4.69) is 0 Å². The lowest BCUT2D eigenvalue weighted by Crippen LogP contribution is -2.22. The summed E-state index contributed by atoms with van der Waals surface area (Å²) in [5.41, 5.74) is 1.01.